The second-order valence-electron chi connectivity index (χ2n) is 6.65. The fourth-order valence-corrected chi connectivity index (χ4v) is 2.50. The fourth-order valence-electron chi connectivity index (χ4n) is 2.50. The largest absolute Gasteiger partial charge is 0.364 e. The third-order valence-corrected chi connectivity index (χ3v) is 3.82. The number of anilines is 3. The minimum atomic E-state index is 0.00341. The SMILES string of the molecule is COCOCOCN(COC)c1nc(N(COC)COC)nc(N(COC)COCOCOC)n1. The van der Waals surface area contributed by atoms with E-state index in [1.165, 1.54) is 14.2 Å². The van der Waals surface area contributed by atoms with Gasteiger partial charge >= 0.3 is 0 Å². The van der Waals surface area contributed by atoms with Gasteiger partial charge in [-0.05, 0) is 0 Å². The third-order valence-electron chi connectivity index (χ3n) is 3.82. The van der Waals surface area contributed by atoms with Gasteiger partial charge in [-0.3, -0.25) is 14.7 Å². The molecule has 0 atom stereocenters. The normalized spacial score (nSPS) is 11.1. The van der Waals surface area contributed by atoms with Crippen LogP contribution in [0, 0.1) is 0 Å². The minimum Gasteiger partial charge on any atom is -0.364 e. The lowest BCUT2D eigenvalue weighted by atomic mass is 10.6. The summed E-state index contributed by atoms with van der Waals surface area (Å²) in [4.78, 5) is 18.7. The molecule has 16 heteroatoms. The highest BCUT2D eigenvalue weighted by Gasteiger charge is 2.21. The van der Waals surface area contributed by atoms with Crippen LogP contribution in [-0.2, 0) is 47.4 Å². The number of rotatable bonds is 23. The Kier molecular flexibility index (Phi) is 17.9. The van der Waals surface area contributed by atoms with Crippen LogP contribution in [0.3, 0.4) is 0 Å². The summed E-state index contributed by atoms with van der Waals surface area (Å²) in [5.74, 6) is 0.835. The Morgan fingerprint density at radius 3 is 1.00 bits per heavy atom. The van der Waals surface area contributed by atoms with Crippen LogP contribution in [0.1, 0.15) is 0 Å². The average Bonchev–Trinajstić information content (AvgIpc) is 2.86. The van der Waals surface area contributed by atoms with Crippen LogP contribution in [0.2, 0.25) is 0 Å². The molecule has 0 unspecified atom stereocenters. The maximum Gasteiger partial charge on any atom is 0.235 e. The summed E-state index contributed by atoms with van der Waals surface area (Å²) in [6.45, 7) is 0.970. The standard InChI is InChI=1S/C19H38N6O10/c1-26-7-23(8-27-2)17-20-18(24(9-28-3)11-32-15-34-13-30-5)22-19(21-17)25(10-29-4)12-33-16-35-14-31-6/h7-16H2,1-6H3. The van der Waals surface area contributed by atoms with Crippen LogP contribution in [0.5, 0.6) is 0 Å². The summed E-state index contributed by atoms with van der Waals surface area (Å²) in [6, 6.07) is 0. The number of hydrogen-bond acceptors (Lipinski definition) is 16. The fraction of sp³-hybridized carbons (Fsp3) is 0.842. The van der Waals surface area contributed by atoms with Crippen LogP contribution in [-0.4, -0.2) is 125 Å². The molecule has 204 valence electrons. The Labute approximate surface area is 205 Å². The number of aromatic nitrogens is 3. The van der Waals surface area contributed by atoms with E-state index in [0.29, 0.717) is 5.95 Å². The van der Waals surface area contributed by atoms with Crippen LogP contribution < -0.4 is 14.7 Å². The summed E-state index contributed by atoms with van der Waals surface area (Å²) >= 11 is 0. The lowest BCUT2D eigenvalue weighted by Crippen LogP contribution is -2.36. The van der Waals surface area contributed by atoms with Gasteiger partial charge in [0.25, 0.3) is 0 Å². The van der Waals surface area contributed by atoms with Crippen molar-refractivity contribution in [1.29, 1.82) is 0 Å². The number of nitrogens with zero attached hydrogens (tertiary/aromatic N) is 6. The minimum absolute atomic E-state index is 0.00341. The van der Waals surface area contributed by atoms with E-state index in [2.05, 4.69) is 15.0 Å². The summed E-state index contributed by atoms with van der Waals surface area (Å²) in [5, 5.41) is 0. The van der Waals surface area contributed by atoms with Gasteiger partial charge in [0.1, 0.15) is 54.0 Å². The van der Waals surface area contributed by atoms with Crippen LogP contribution >= 0.6 is 0 Å². The lowest BCUT2D eigenvalue weighted by molar-refractivity contribution is -0.121. The highest BCUT2D eigenvalue weighted by Crippen LogP contribution is 2.20. The van der Waals surface area contributed by atoms with Gasteiger partial charge in [0.15, 0.2) is 13.6 Å². The molecule has 35 heavy (non-hydrogen) atoms. The van der Waals surface area contributed by atoms with Crippen LogP contribution in [0.25, 0.3) is 0 Å². The number of methoxy groups -OCH3 is 6. The van der Waals surface area contributed by atoms with Gasteiger partial charge in [-0.25, -0.2) is 0 Å². The summed E-state index contributed by atoms with van der Waals surface area (Å²) in [7, 11) is 9.26. The highest BCUT2D eigenvalue weighted by molar-refractivity contribution is 5.45. The second-order valence-corrected chi connectivity index (χ2v) is 6.65. The van der Waals surface area contributed by atoms with Gasteiger partial charge in [0.2, 0.25) is 17.8 Å². The quantitative estimate of drug-likeness (QED) is 0.142. The molecular formula is C19H38N6O10. The first-order valence-electron chi connectivity index (χ1n) is 10.4. The molecule has 0 spiro atoms. The molecule has 0 N–H and O–H groups in total. The lowest BCUT2D eigenvalue weighted by Gasteiger charge is -2.27. The Balaban J connectivity index is 3.22. The van der Waals surface area contributed by atoms with Gasteiger partial charge in [-0.1, -0.05) is 0 Å². The van der Waals surface area contributed by atoms with E-state index in [-0.39, 0.29) is 79.5 Å². The first kappa shape index (κ1) is 31.0. The molecule has 0 fully saturated rings. The zero-order valence-corrected chi connectivity index (χ0v) is 21.3. The topological polar surface area (TPSA) is 141 Å². The van der Waals surface area contributed by atoms with E-state index in [9.17, 15) is 0 Å². The van der Waals surface area contributed by atoms with E-state index in [1.807, 2.05) is 0 Å². The highest BCUT2D eigenvalue weighted by atomic mass is 16.7. The van der Waals surface area contributed by atoms with Crippen molar-refractivity contribution < 1.29 is 47.4 Å². The molecular weight excluding hydrogens is 472 g/mol. The molecule has 0 amide bonds. The van der Waals surface area contributed by atoms with E-state index >= 15 is 0 Å². The van der Waals surface area contributed by atoms with Crippen molar-refractivity contribution in [2.24, 2.45) is 0 Å². The van der Waals surface area contributed by atoms with E-state index in [4.69, 9.17) is 47.4 Å². The molecule has 1 aromatic heterocycles. The Hall–Kier alpha value is -1.99. The van der Waals surface area contributed by atoms with E-state index < -0.39 is 0 Å². The molecule has 0 aromatic carbocycles. The zero-order chi connectivity index (χ0) is 25.7. The molecule has 1 aromatic rings. The Morgan fingerprint density at radius 1 is 0.400 bits per heavy atom. The van der Waals surface area contributed by atoms with Crippen LogP contribution in [0.15, 0.2) is 0 Å². The molecule has 1 rings (SSSR count). The Morgan fingerprint density at radius 2 is 0.714 bits per heavy atom. The predicted octanol–water partition coefficient (Wildman–Crippen LogP) is -0.189. The summed E-state index contributed by atoms with van der Waals surface area (Å²) in [6.07, 6.45) is 0. The van der Waals surface area contributed by atoms with Gasteiger partial charge in [0, 0.05) is 42.7 Å². The smallest absolute Gasteiger partial charge is 0.235 e. The maximum atomic E-state index is 5.54. The van der Waals surface area contributed by atoms with Crippen molar-refractivity contribution in [3.05, 3.63) is 0 Å². The maximum absolute atomic E-state index is 5.54. The van der Waals surface area contributed by atoms with Crippen LogP contribution in [0.4, 0.5) is 17.8 Å². The summed E-state index contributed by atoms with van der Waals surface area (Å²) in [5.41, 5.74) is 0. The second kappa shape index (κ2) is 20.2. The van der Waals surface area contributed by atoms with Gasteiger partial charge in [-0.2, -0.15) is 15.0 Å². The first-order chi connectivity index (χ1) is 17.1. The average molecular weight is 511 g/mol. The number of ether oxygens (including phenoxy) is 10. The number of hydrogen-bond donors (Lipinski definition) is 0. The zero-order valence-electron chi connectivity index (χ0n) is 21.3. The summed E-state index contributed by atoms with van der Waals surface area (Å²) < 4.78 is 52.3. The van der Waals surface area contributed by atoms with E-state index in [1.54, 1.807) is 43.1 Å². The molecule has 16 nitrogen and oxygen atoms in total. The molecule has 0 aliphatic heterocycles. The molecule has 0 aliphatic carbocycles. The molecule has 0 radical (unpaired) electrons. The Bertz CT molecular complexity index is 602. The molecule has 0 bridgehead atoms. The van der Waals surface area contributed by atoms with Gasteiger partial charge in [0.05, 0.1) is 0 Å². The first-order valence-corrected chi connectivity index (χ1v) is 10.4. The molecule has 0 saturated heterocycles. The third kappa shape index (κ3) is 12.5. The van der Waals surface area contributed by atoms with Crippen molar-refractivity contribution in [3.8, 4) is 0 Å². The molecule has 1 heterocycles. The molecule has 0 aliphatic rings. The van der Waals surface area contributed by atoms with Gasteiger partial charge < -0.3 is 47.4 Å². The van der Waals surface area contributed by atoms with Crippen molar-refractivity contribution in [1.82, 2.24) is 15.0 Å². The molecule has 0 saturated carbocycles. The predicted molar refractivity (Wildman–Crippen MR) is 122 cm³/mol. The monoisotopic (exact) mass is 510 g/mol. The van der Waals surface area contributed by atoms with Crippen molar-refractivity contribution >= 4 is 17.8 Å². The van der Waals surface area contributed by atoms with Crippen molar-refractivity contribution in [2.75, 3.05) is 125 Å². The van der Waals surface area contributed by atoms with Crippen molar-refractivity contribution in [2.45, 2.75) is 0 Å². The van der Waals surface area contributed by atoms with Gasteiger partial charge in [-0.15, -0.1) is 0 Å². The van der Waals surface area contributed by atoms with E-state index in [0.717, 1.165) is 0 Å². The van der Waals surface area contributed by atoms with Crippen molar-refractivity contribution in [3.63, 3.8) is 0 Å².